The molecule has 17 heavy (non-hydrogen) atoms. The van der Waals surface area contributed by atoms with Gasteiger partial charge in [0.15, 0.2) is 0 Å². The Morgan fingerprint density at radius 3 is 2.71 bits per heavy atom. The lowest BCUT2D eigenvalue weighted by atomic mass is 10.0. The van der Waals surface area contributed by atoms with Crippen molar-refractivity contribution < 1.29 is 0 Å². The van der Waals surface area contributed by atoms with Gasteiger partial charge in [0.05, 0.1) is 5.69 Å². The highest BCUT2D eigenvalue weighted by Crippen LogP contribution is 2.13. The molecule has 0 atom stereocenters. The second kappa shape index (κ2) is 4.06. The van der Waals surface area contributed by atoms with Crippen LogP contribution >= 0.6 is 0 Å². The highest BCUT2D eigenvalue weighted by atomic mass is 15.0. The highest BCUT2D eigenvalue weighted by Gasteiger charge is 2.03. The average Bonchev–Trinajstić information content (AvgIpc) is 2.74. The van der Waals surface area contributed by atoms with Crippen LogP contribution in [0.2, 0.25) is 0 Å². The Labute approximate surface area is 101 Å². The number of aryl methyl sites for hydroxylation is 1. The summed E-state index contributed by atoms with van der Waals surface area (Å²) in [5, 5.41) is 0. The Hall–Kier alpha value is -2.09. The summed E-state index contributed by atoms with van der Waals surface area (Å²) in [6.07, 6.45) is 5.03. The Morgan fingerprint density at radius 2 is 1.88 bits per heavy atom. The van der Waals surface area contributed by atoms with Gasteiger partial charge in [-0.1, -0.05) is 30.3 Å². The molecule has 2 aromatic heterocycles. The maximum atomic E-state index is 4.61. The molecule has 2 heteroatoms. The largest absolute Gasteiger partial charge is 0.307 e. The molecule has 2 nitrogen and oxygen atoms in total. The number of nitrogens with zero attached hydrogens (tertiary/aromatic N) is 2. The van der Waals surface area contributed by atoms with Gasteiger partial charge in [-0.15, -0.1) is 0 Å². The fourth-order valence-corrected chi connectivity index (χ4v) is 2.08. The van der Waals surface area contributed by atoms with Gasteiger partial charge < -0.3 is 4.40 Å². The lowest BCUT2D eigenvalue weighted by Gasteiger charge is -2.01. The van der Waals surface area contributed by atoms with E-state index in [1.165, 1.54) is 11.1 Å². The van der Waals surface area contributed by atoms with Crippen LogP contribution in [0.15, 0.2) is 54.9 Å². The first-order valence-electron chi connectivity index (χ1n) is 5.80. The second-order valence-electron chi connectivity index (χ2n) is 4.30. The smallest absolute Gasteiger partial charge is 0.136 e. The van der Waals surface area contributed by atoms with Gasteiger partial charge >= 0.3 is 0 Å². The molecular formula is C15H14N2. The summed E-state index contributed by atoms with van der Waals surface area (Å²) in [6, 6.07) is 14.5. The molecule has 3 rings (SSSR count). The van der Waals surface area contributed by atoms with E-state index in [1.807, 2.05) is 24.4 Å². The van der Waals surface area contributed by atoms with Gasteiger partial charge in [0.1, 0.15) is 5.65 Å². The number of rotatable bonds is 2. The summed E-state index contributed by atoms with van der Waals surface area (Å²) in [6.45, 7) is 2.14. The fraction of sp³-hybridized carbons (Fsp3) is 0.133. The van der Waals surface area contributed by atoms with Crippen LogP contribution in [0.3, 0.4) is 0 Å². The molecule has 1 aromatic carbocycles. The monoisotopic (exact) mass is 222 g/mol. The maximum absolute atomic E-state index is 4.61. The van der Waals surface area contributed by atoms with Crippen molar-refractivity contribution in [2.24, 2.45) is 0 Å². The summed E-state index contributed by atoms with van der Waals surface area (Å²) >= 11 is 0. The van der Waals surface area contributed by atoms with Gasteiger partial charge in [0, 0.05) is 18.8 Å². The molecule has 84 valence electrons. The normalized spacial score (nSPS) is 10.9. The summed E-state index contributed by atoms with van der Waals surface area (Å²) in [5.74, 6) is 0. The van der Waals surface area contributed by atoms with E-state index in [2.05, 4.69) is 46.8 Å². The van der Waals surface area contributed by atoms with Crippen LogP contribution in [0, 0.1) is 6.92 Å². The van der Waals surface area contributed by atoms with Gasteiger partial charge in [-0.3, -0.25) is 0 Å². The molecule has 0 aliphatic carbocycles. The molecule has 0 bridgehead atoms. The lowest BCUT2D eigenvalue weighted by molar-refractivity contribution is 1.09. The van der Waals surface area contributed by atoms with E-state index in [0.717, 1.165) is 17.8 Å². The van der Waals surface area contributed by atoms with Crippen molar-refractivity contribution in [3.05, 3.63) is 71.7 Å². The van der Waals surface area contributed by atoms with Crippen LogP contribution in [0.4, 0.5) is 0 Å². The minimum atomic E-state index is 0.897. The molecule has 0 aliphatic heterocycles. The van der Waals surface area contributed by atoms with Crippen molar-refractivity contribution in [2.45, 2.75) is 13.3 Å². The van der Waals surface area contributed by atoms with Crippen LogP contribution in [0.25, 0.3) is 5.65 Å². The Bertz CT molecular complexity index is 620. The van der Waals surface area contributed by atoms with E-state index in [1.54, 1.807) is 0 Å². The Morgan fingerprint density at radius 1 is 1.06 bits per heavy atom. The van der Waals surface area contributed by atoms with Crippen molar-refractivity contribution in [3.63, 3.8) is 0 Å². The fourth-order valence-electron chi connectivity index (χ4n) is 2.08. The first-order chi connectivity index (χ1) is 8.33. The first kappa shape index (κ1) is 10.1. The predicted octanol–water partition coefficient (Wildman–Crippen LogP) is 3.23. The Balaban J connectivity index is 1.98. The minimum absolute atomic E-state index is 0.897. The third-order valence-electron chi connectivity index (χ3n) is 3.05. The Kier molecular flexibility index (Phi) is 2.41. The number of hydrogen-bond acceptors (Lipinski definition) is 1. The minimum Gasteiger partial charge on any atom is -0.307 e. The van der Waals surface area contributed by atoms with Gasteiger partial charge in [-0.25, -0.2) is 4.98 Å². The zero-order chi connectivity index (χ0) is 11.7. The quantitative estimate of drug-likeness (QED) is 0.650. The topological polar surface area (TPSA) is 17.3 Å². The van der Waals surface area contributed by atoms with Crippen molar-refractivity contribution in [1.82, 2.24) is 9.38 Å². The van der Waals surface area contributed by atoms with E-state index >= 15 is 0 Å². The van der Waals surface area contributed by atoms with Gasteiger partial charge in [-0.2, -0.15) is 0 Å². The highest BCUT2D eigenvalue weighted by molar-refractivity contribution is 5.41. The van der Waals surface area contributed by atoms with E-state index in [9.17, 15) is 0 Å². The molecule has 0 spiro atoms. The molecule has 0 saturated carbocycles. The zero-order valence-corrected chi connectivity index (χ0v) is 9.80. The van der Waals surface area contributed by atoms with Crippen molar-refractivity contribution in [1.29, 1.82) is 0 Å². The third-order valence-corrected chi connectivity index (χ3v) is 3.05. The number of fused-ring (bicyclic) bond motifs is 1. The predicted molar refractivity (Wildman–Crippen MR) is 69.2 cm³/mol. The van der Waals surface area contributed by atoms with E-state index in [4.69, 9.17) is 0 Å². The first-order valence-corrected chi connectivity index (χ1v) is 5.80. The van der Waals surface area contributed by atoms with Crippen LogP contribution in [0.1, 0.15) is 16.8 Å². The lowest BCUT2D eigenvalue weighted by Crippen LogP contribution is -1.91. The number of benzene rings is 1. The zero-order valence-electron chi connectivity index (χ0n) is 9.80. The molecule has 0 aliphatic rings. The van der Waals surface area contributed by atoms with Gasteiger partial charge in [0.25, 0.3) is 0 Å². The summed E-state index contributed by atoms with van der Waals surface area (Å²) in [5.41, 5.74) is 4.79. The number of aromatic nitrogens is 2. The molecule has 3 aromatic rings. The molecule has 2 heterocycles. The maximum Gasteiger partial charge on any atom is 0.136 e. The molecular weight excluding hydrogens is 208 g/mol. The summed E-state index contributed by atoms with van der Waals surface area (Å²) in [4.78, 5) is 4.61. The molecule has 0 saturated heterocycles. The molecule has 0 radical (unpaired) electrons. The van der Waals surface area contributed by atoms with E-state index < -0.39 is 0 Å². The molecule has 0 N–H and O–H groups in total. The standard InChI is InChI=1S/C15H14N2/c1-12-6-2-3-7-13(12)10-14-11-17-9-5-4-8-15(17)16-14/h2-9,11H,10H2,1H3. The average molecular weight is 222 g/mol. The van der Waals surface area contributed by atoms with Gasteiger partial charge in [0.2, 0.25) is 0 Å². The van der Waals surface area contributed by atoms with Gasteiger partial charge in [-0.05, 0) is 30.2 Å². The van der Waals surface area contributed by atoms with E-state index in [0.29, 0.717) is 0 Å². The molecule has 0 fully saturated rings. The van der Waals surface area contributed by atoms with Crippen LogP contribution in [0.5, 0.6) is 0 Å². The number of hydrogen-bond donors (Lipinski definition) is 0. The molecule has 0 unspecified atom stereocenters. The third kappa shape index (κ3) is 1.94. The molecule has 0 amide bonds. The summed E-state index contributed by atoms with van der Waals surface area (Å²) < 4.78 is 2.06. The van der Waals surface area contributed by atoms with Crippen LogP contribution < -0.4 is 0 Å². The number of pyridine rings is 1. The SMILES string of the molecule is Cc1ccccc1Cc1cn2ccccc2n1. The van der Waals surface area contributed by atoms with E-state index in [-0.39, 0.29) is 0 Å². The number of imidazole rings is 1. The van der Waals surface area contributed by atoms with Crippen molar-refractivity contribution in [3.8, 4) is 0 Å². The van der Waals surface area contributed by atoms with Crippen molar-refractivity contribution in [2.75, 3.05) is 0 Å². The summed E-state index contributed by atoms with van der Waals surface area (Å²) in [7, 11) is 0. The van der Waals surface area contributed by atoms with Crippen LogP contribution in [-0.2, 0) is 6.42 Å². The second-order valence-corrected chi connectivity index (χ2v) is 4.30. The van der Waals surface area contributed by atoms with Crippen LogP contribution in [-0.4, -0.2) is 9.38 Å². The van der Waals surface area contributed by atoms with Crippen molar-refractivity contribution >= 4 is 5.65 Å².